The van der Waals surface area contributed by atoms with E-state index in [0.717, 1.165) is 36.4 Å². The average Bonchev–Trinajstić information content (AvgIpc) is 2.62. The molecule has 25 heavy (non-hydrogen) atoms. The minimum atomic E-state index is -0.885. The minimum Gasteiger partial charge on any atom is -0.508 e. The van der Waals surface area contributed by atoms with Crippen LogP contribution >= 0.6 is 0 Å². The first-order valence-electron chi connectivity index (χ1n) is 8.71. The Morgan fingerprint density at radius 3 is 2.52 bits per heavy atom. The molecule has 0 radical (unpaired) electrons. The molecule has 132 valence electrons. The molecule has 4 rings (SSSR count). The van der Waals surface area contributed by atoms with Crippen molar-refractivity contribution in [2.24, 2.45) is 0 Å². The maximum Gasteiger partial charge on any atom is 0.126 e. The molecule has 2 heterocycles. The van der Waals surface area contributed by atoms with Gasteiger partial charge in [-0.15, -0.1) is 0 Å². The number of nitrogens with zero attached hydrogens (tertiary/aromatic N) is 1. The standard InChI is InChI=1S/C20H22FNO3/c21-16-4-2-15(3-5-16)20(24)7-9-22(10-8-20)17-11-14-1-6-18(23)12-19(14)25-13-17/h1-6,12,17,23-24H,7-11,13H2. The van der Waals surface area contributed by atoms with Crippen molar-refractivity contribution in [1.82, 2.24) is 4.90 Å². The van der Waals surface area contributed by atoms with Crippen molar-refractivity contribution in [2.75, 3.05) is 19.7 Å². The first-order valence-corrected chi connectivity index (χ1v) is 8.71. The van der Waals surface area contributed by atoms with Gasteiger partial charge >= 0.3 is 0 Å². The van der Waals surface area contributed by atoms with Gasteiger partial charge in [0, 0.05) is 25.2 Å². The summed E-state index contributed by atoms with van der Waals surface area (Å²) in [6, 6.07) is 11.7. The van der Waals surface area contributed by atoms with E-state index < -0.39 is 5.60 Å². The fraction of sp³-hybridized carbons (Fsp3) is 0.400. The van der Waals surface area contributed by atoms with Crippen LogP contribution < -0.4 is 4.74 Å². The molecule has 2 aliphatic rings. The summed E-state index contributed by atoms with van der Waals surface area (Å²) in [5.41, 5.74) is 1.01. The number of aliphatic hydroxyl groups is 1. The number of ether oxygens (including phenoxy) is 1. The number of likely N-dealkylation sites (tertiary alicyclic amines) is 1. The van der Waals surface area contributed by atoms with E-state index in [1.54, 1.807) is 24.3 Å². The molecule has 2 aliphatic heterocycles. The summed E-state index contributed by atoms with van der Waals surface area (Å²) >= 11 is 0. The second kappa shape index (κ2) is 6.32. The largest absolute Gasteiger partial charge is 0.508 e. The Morgan fingerprint density at radius 2 is 1.80 bits per heavy atom. The molecule has 0 aromatic heterocycles. The van der Waals surface area contributed by atoms with Gasteiger partial charge in [0.1, 0.15) is 23.9 Å². The normalized spacial score (nSPS) is 22.9. The van der Waals surface area contributed by atoms with Crippen molar-refractivity contribution < 1.29 is 19.3 Å². The highest BCUT2D eigenvalue weighted by molar-refractivity contribution is 5.41. The zero-order chi connectivity index (χ0) is 17.4. The van der Waals surface area contributed by atoms with Crippen LogP contribution in [0.3, 0.4) is 0 Å². The van der Waals surface area contributed by atoms with E-state index in [1.807, 2.05) is 6.07 Å². The molecule has 0 bridgehead atoms. The Hall–Kier alpha value is -2.11. The van der Waals surface area contributed by atoms with Gasteiger partial charge in [0.25, 0.3) is 0 Å². The molecule has 0 saturated carbocycles. The van der Waals surface area contributed by atoms with Crippen molar-refractivity contribution in [1.29, 1.82) is 0 Å². The van der Waals surface area contributed by atoms with Crippen LogP contribution in [0.1, 0.15) is 24.0 Å². The molecule has 1 atom stereocenters. The minimum absolute atomic E-state index is 0.222. The summed E-state index contributed by atoms with van der Waals surface area (Å²) in [7, 11) is 0. The third-order valence-electron chi connectivity index (χ3n) is 5.46. The van der Waals surface area contributed by atoms with Crippen LogP contribution in [0.5, 0.6) is 11.5 Å². The second-order valence-corrected chi connectivity index (χ2v) is 7.04. The van der Waals surface area contributed by atoms with Gasteiger partial charge in [-0.25, -0.2) is 4.39 Å². The lowest BCUT2D eigenvalue weighted by molar-refractivity contribution is -0.0415. The molecule has 4 nitrogen and oxygen atoms in total. The SMILES string of the molecule is Oc1ccc2c(c1)OCC(N1CCC(O)(c3ccc(F)cc3)CC1)C2. The Morgan fingerprint density at radius 1 is 1.08 bits per heavy atom. The van der Waals surface area contributed by atoms with E-state index in [9.17, 15) is 14.6 Å². The Kier molecular flexibility index (Phi) is 4.13. The summed E-state index contributed by atoms with van der Waals surface area (Å²) in [6.07, 6.45) is 2.12. The fourth-order valence-electron chi connectivity index (χ4n) is 3.89. The van der Waals surface area contributed by atoms with Crippen LogP contribution in [0.4, 0.5) is 4.39 Å². The molecule has 1 fully saturated rings. The Labute approximate surface area is 146 Å². The second-order valence-electron chi connectivity index (χ2n) is 7.04. The van der Waals surface area contributed by atoms with Crippen molar-refractivity contribution in [3.8, 4) is 11.5 Å². The number of piperidine rings is 1. The fourth-order valence-corrected chi connectivity index (χ4v) is 3.89. The molecule has 0 aliphatic carbocycles. The molecule has 0 amide bonds. The van der Waals surface area contributed by atoms with Gasteiger partial charge in [0.2, 0.25) is 0 Å². The lowest BCUT2D eigenvalue weighted by Crippen LogP contribution is -2.50. The molecule has 0 spiro atoms. The van der Waals surface area contributed by atoms with E-state index in [1.165, 1.54) is 12.1 Å². The summed E-state index contributed by atoms with van der Waals surface area (Å²) in [6.45, 7) is 2.13. The highest BCUT2D eigenvalue weighted by Gasteiger charge is 2.37. The lowest BCUT2D eigenvalue weighted by Gasteiger charge is -2.43. The van der Waals surface area contributed by atoms with Gasteiger partial charge in [-0.3, -0.25) is 4.90 Å². The molecule has 2 aromatic rings. The van der Waals surface area contributed by atoms with E-state index in [0.29, 0.717) is 19.4 Å². The van der Waals surface area contributed by atoms with Crippen LogP contribution in [-0.4, -0.2) is 40.9 Å². The Bertz CT molecular complexity index is 754. The first kappa shape index (κ1) is 16.4. The van der Waals surface area contributed by atoms with Crippen LogP contribution in [0, 0.1) is 5.82 Å². The van der Waals surface area contributed by atoms with Crippen molar-refractivity contribution in [3.05, 3.63) is 59.4 Å². The van der Waals surface area contributed by atoms with Gasteiger partial charge in [0.15, 0.2) is 0 Å². The first-order chi connectivity index (χ1) is 12.0. The van der Waals surface area contributed by atoms with Gasteiger partial charge < -0.3 is 14.9 Å². The summed E-state index contributed by atoms with van der Waals surface area (Å²) < 4.78 is 18.9. The van der Waals surface area contributed by atoms with E-state index >= 15 is 0 Å². The Balaban J connectivity index is 1.42. The third kappa shape index (κ3) is 3.22. The maximum absolute atomic E-state index is 13.1. The number of fused-ring (bicyclic) bond motifs is 1. The molecule has 1 unspecified atom stereocenters. The summed E-state index contributed by atoms with van der Waals surface area (Å²) in [5, 5.41) is 20.5. The number of rotatable bonds is 2. The summed E-state index contributed by atoms with van der Waals surface area (Å²) in [4.78, 5) is 2.35. The summed E-state index contributed by atoms with van der Waals surface area (Å²) in [5.74, 6) is 0.699. The lowest BCUT2D eigenvalue weighted by atomic mass is 9.83. The molecular formula is C20H22FNO3. The van der Waals surface area contributed by atoms with Gasteiger partial charge in [0.05, 0.1) is 5.60 Å². The number of aromatic hydroxyl groups is 1. The highest BCUT2D eigenvalue weighted by atomic mass is 19.1. The average molecular weight is 343 g/mol. The number of hydrogen-bond acceptors (Lipinski definition) is 4. The van der Waals surface area contributed by atoms with Gasteiger partial charge in [-0.1, -0.05) is 18.2 Å². The van der Waals surface area contributed by atoms with Gasteiger partial charge in [-0.05, 0) is 48.6 Å². The predicted molar refractivity (Wildman–Crippen MR) is 92.2 cm³/mol. The van der Waals surface area contributed by atoms with Crippen LogP contribution in [-0.2, 0) is 12.0 Å². The predicted octanol–water partition coefficient (Wildman–Crippen LogP) is 2.82. The number of hydrogen-bond donors (Lipinski definition) is 2. The number of phenolic OH excluding ortho intramolecular Hbond substituents is 1. The van der Waals surface area contributed by atoms with E-state index in [4.69, 9.17) is 4.74 Å². The molecule has 5 heteroatoms. The van der Waals surface area contributed by atoms with E-state index in [2.05, 4.69) is 4.90 Å². The molecule has 1 saturated heterocycles. The monoisotopic (exact) mass is 343 g/mol. The number of benzene rings is 2. The van der Waals surface area contributed by atoms with Crippen molar-refractivity contribution in [3.63, 3.8) is 0 Å². The topological polar surface area (TPSA) is 52.9 Å². The molecule has 2 aromatic carbocycles. The van der Waals surface area contributed by atoms with Crippen LogP contribution in [0.25, 0.3) is 0 Å². The van der Waals surface area contributed by atoms with Gasteiger partial charge in [-0.2, -0.15) is 0 Å². The zero-order valence-electron chi connectivity index (χ0n) is 14.0. The quantitative estimate of drug-likeness (QED) is 0.880. The van der Waals surface area contributed by atoms with Crippen LogP contribution in [0.2, 0.25) is 0 Å². The maximum atomic E-state index is 13.1. The smallest absolute Gasteiger partial charge is 0.126 e. The number of halogens is 1. The van der Waals surface area contributed by atoms with Crippen LogP contribution in [0.15, 0.2) is 42.5 Å². The molecule has 2 N–H and O–H groups in total. The zero-order valence-corrected chi connectivity index (χ0v) is 14.0. The molecular weight excluding hydrogens is 321 g/mol. The third-order valence-corrected chi connectivity index (χ3v) is 5.46. The van der Waals surface area contributed by atoms with Crippen molar-refractivity contribution >= 4 is 0 Å². The van der Waals surface area contributed by atoms with Crippen molar-refractivity contribution in [2.45, 2.75) is 30.9 Å². The number of phenols is 1. The highest BCUT2D eigenvalue weighted by Crippen LogP contribution is 2.36. The van der Waals surface area contributed by atoms with E-state index in [-0.39, 0.29) is 17.6 Å².